The number of rotatable bonds is 1. The third-order valence-electron chi connectivity index (χ3n) is 1.16. The van der Waals surface area contributed by atoms with Crippen LogP contribution in [0.2, 0.25) is 0 Å². The number of nitrogens with two attached hydrogens (primary N) is 1. The third kappa shape index (κ3) is 5.28. The number of halogens is 1. The maximum absolute atomic E-state index is 7.18. The van der Waals surface area contributed by atoms with Crippen LogP contribution in [0.15, 0.2) is 28.7 Å². The Balaban J connectivity index is 0.000000424. The van der Waals surface area contributed by atoms with E-state index in [1.54, 1.807) is 12.1 Å². The Hall–Kier alpha value is -0.990. The summed E-state index contributed by atoms with van der Waals surface area (Å²) >= 11 is 6.38. The molecule has 0 aliphatic heterocycles. The highest BCUT2D eigenvalue weighted by molar-refractivity contribution is 9.10. The van der Waals surface area contributed by atoms with Crippen LogP contribution in [0.1, 0.15) is 5.56 Å². The number of nitrogens with one attached hydrogen (secondary N) is 1. The van der Waals surface area contributed by atoms with Gasteiger partial charge in [-0.05, 0) is 12.1 Å². The van der Waals surface area contributed by atoms with E-state index in [1.807, 2.05) is 12.1 Å². The number of thiol groups is 1. The van der Waals surface area contributed by atoms with Crippen LogP contribution in [0.25, 0.3) is 0 Å². The molecule has 0 fully saturated rings. The van der Waals surface area contributed by atoms with Gasteiger partial charge in [-0.15, -0.1) is 0 Å². The second kappa shape index (κ2) is 6.52. The van der Waals surface area contributed by atoms with Crippen LogP contribution in [-0.2, 0) is 0 Å². The number of hydrogen-bond acceptors (Lipinski definition) is 3. The van der Waals surface area contributed by atoms with E-state index < -0.39 is 0 Å². The van der Waals surface area contributed by atoms with Crippen molar-refractivity contribution in [3.63, 3.8) is 0 Å². The Labute approximate surface area is 90.6 Å². The van der Waals surface area contributed by atoms with Crippen LogP contribution in [0.5, 0.6) is 0 Å². The molecule has 0 bridgehead atoms. The van der Waals surface area contributed by atoms with Gasteiger partial charge in [0.2, 0.25) is 0 Å². The van der Waals surface area contributed by atoms with Crippen molar-refractivity contribution in [1.82, 2.24) is 0 Å². The predicted molar refractivity (Wildman–Crippen MR) is 59.8 cm³/mol. The van der Waals surface area contributed by atoms with Gasteiger partial charge in [-0.25, -0.2) is 0 Å². The minimum absolute atomic E-state index is 0.104. The van der Waals surface area contributed by atoms with Gasteiger partial charge in [0.1, 0.15) is 11.2 Å². The molecule has 0 aromatic heterocycles. The average Bonchev–Trinajstić information content (AvgIpc) is 2.06. The molecule has 0 spiro atoms. The first-order valence-corrected chi connectivity index (χ1v) is 4.49. The second-order valence-electron chi connectivity index (χ2n) is 2.02. The smallest absolute Gasteiger partial charge is 0.130 e. The average molecular weight is 258 g/mol. The van der Waals surface area contributed by atoms with Crippen molar-refractivity contribution in [3.05, 3.63) is 34.3 Å². The van der Waals surface area contributed by atoms with Crippen LogP contribution < -0.4 is 5.73 Å². The Kier molecular flexibility index (Phi) is 6.02. The van der Waals surface area contributed by atoms with E-state index in [4.69, 9.17) is 16.4 Å². The van der Waals surface area contributed by atoms with E-state index in [0.717, 1.165) is 10.0 Å². The molecular weight excluding hydrogens is 250 g/mol. The van der Waals surface area contributed by atoms with Crippen molar-refractivity contribution in [2.24, 2.45) is 5.73 Å². The number of benzene rings is 1. The van der Waals surface area contributed by atoms with Crippen molar-refractivity contribution in [2.75, 3.05) is 0 Å². The van der Waals surface area contributed by atoms with Crippen LogP contribution in [0, 0.1) is 16.1 Å². The van der Waals surface area contributed by atoms with E-state index in [0.29, 0.717) is 0 Å². The molecule has 0 radical (unpaired) electrons. The quantitative estimate of drug-likeness (QED) is 0.312. The summed E-state index contributed by atoms with van der Waals surface area (Å²) < 4.78 is 0.998. The topological polar surface area (TPSA) is 73.7 Å². The Morgan fingerprint density at radius 1 is 1.46 bits per heavy atom. The van der Waals surface area contributed by atoms with E-state index in [-0.39, 0.29) is 5.84 Å². The molecule has 0 saturated carbocycles. The van der Waals surface area contributed by atoms with Gasteiger partial charge >= 0.3 is 0 Å². The highest BCUT2D eigenvalue weighted by Crippen LogP contribution is 2.09. The van der Waals surface area contributed by atoms with Gasteiger partial charge < -0.3 is 5.73 Å². The lowest BCUT2D eigenvalue weighted by Crippen LogP contribution is -2.10. The minimum atomic E-state index is 0.104. The number of hydrogen-bond donors (Lipinski definition) is 3. The zero-order valence-corrected chi connectivity index (χ0v) is 9.14. The molecule has 1 aromatic rings. The number of amidine groups is 1. The molecule has 5 heteroatoms. The summed E-state index contributed by atoms with van der Waals surface area (Å²) in [4.78, 5) is 0. The molecule has 3 N–H and O–H groups in total. The summed E-state index contributed by atoms with van der Waals surface area (Å²) in [6.07, 6.45) is 0. The summed E-state index contributed by atoms with van der Waals surface area (Å²) in [6.45, 7) is 0. The minimum Gasteiger partial charge on any atom is -0.384 e. The molecular formula is C8H8BrN3S. The fourth-order valence-electron chi connectivity index (χ4n) is 0.629. The molecule has 3 nitrogen and oxygen atoms in total. The maximum atomic E-state index is 7.18. The second-order valence-corrected chi connectivity index (χ2v) is 3.14. The SMILES string of the molecule is N#CS.N=C(N)c1ccc(Br)cc1. The molecule has 0 amide bonds. The Bertz CT molecular complexity index is 315. The van der Waals surface area contributed by atoms with Gasteiger partial charge in [-0.3, -0.25) is 5.41 Å². The summed E-state index contributed by atoms with van der Waals surface area (Å²) in [6, 6.07) is 7.31. The van der Waals surface area contributed by atoms with Crippen LogP contribution in [-0.4, -0.2) is 5.84 Å². The fourth-order valence-corrected chi connectivity index (χ4v) is 0.894. The Morgan fingerprint density at radius 3 is 2.15 bits per heavy atom. The van der Waals surface area contributed by atoms with Gasteiger partial charge in [0.25, 0.3) is 0 Å². The van der Waals surface area contributed by atoms with Crippen LogP contribution >= 0.6 is 28.6 Å². The molecule has 0 aliphatic carbocycles. The monoisotopic (exact) mass is 257 g/mol. The zero-order chi connectivity index (χ0) is 10.3. The number of thiocyanates is 1. The standard InChI is InChI=1S/C7H7BrN2.CHNS/c8-6-3-1-5(2-4-6)7(9)10;2-1-3/h1-4H,(H3,9,10);3H. The molecule has 1 aromatic carbocycles. The van der Waals surface area contributed by atoms with Gasteiger partial charge in [-0.2, -0.15) is 5.26 Å². The van der Waals surface area contributed by atoms with Crippen molar-refractivity contribution < 1.29 is 0 Å². The van der Waals surface area contributed by atoms with Crippen molar-refractivity contribution >= 4 is 34.4 Å². The lowest BCUT2D eigenvalue weighted by molar-refractivity contribution is 1.42. The molecule has 0 saturated heterocycles. The lowest BCUT2D eigenvalue weighted by atomic mass is 10.2. The van der Waals surface area contributed by atoms with Crippen LogP contribution in [0.4, 0.5) is 0 Å². The largest absolute Gasteiger partial charge is 0.384 e. The molecule has 68 valence electrons. The number of nitriles is 1. The predicted octanol–water partition coefficient (Wildman–Crippen LogP) is 2.13. The molecule has 13 heavy (non-hydrogen) atoms. The van der Waals surface area contributed by atoms with E-state index in [9.17, 15) is 0 Å². The molecule has 0 aliphatic rings. The fraction of sp³-hybridized carbons (Fsp3) is 0. The van der Waals surface area contributed by atoms with Crippen LogP contribution in [0.3, 0.4) is 0 Å². The molecule has 0 atom stereocenters. The van der Waals surface area contributed by atoms with Crippen molar-refractivity contribution in [3.8, 4) is 5.40 Å². The number of nitrogens with zero attached hydrogens (tertiary/aromatic N) is 1. The summed E-state index contributed by atoms with van der Waals surface area (Å²) in [5, 5.41) is 15.7. The summed E-state index contributed by atoms with van der Waals surface area (Å²) in [7, 11) is 0. The first-order chi connectivity index (χ1) is 6.11. The summed E-state index contributed by atoms with van der Waals surface area (Å²) in [5.74, 6) is 0.104. The van der Waals surface area contributed by atoms with Gasteiger partial charge in [-0.1, -0.05) is 40.7 Å². The van der Waals surface area contributed by atoms with E-state index >= 15 is 0 Å². The maximum Gasteiger partial charge on any atom is 0.130 e. The summed E-state index contributed by atoms with van der Waals surface area (Å²) in [5.41, 5.74) is 5.98. The third-order valence-corrected chi connectivity index (χ3v) is 1.68. The number of nitrogen functional groups attached to an aromatic ring is 1. The highest BCUT2D eigenvalue weighted by Gasteiger charge is 1.92. The molecule has 1 rings (SSSR count). The Morgan fingerprint density at radius 2 is 1.85 bits per heavy atom. The van der Waals surface area contributed by atoms with Crippen molar-refractivity contribution in [2.45, 2.75) is 0 Å². The van der Waals surface area contributed by atoms with E-state index in [1.165, 1.54) is 5.40 Å². The molecule has 0 unspecified atom stereocenters. The first kappa shape index (κ1) is 12.0. The normalized spacial score (nSPS) is 7.77. The van der Waals surface area contributed by atoms with E-state index in [2.05, 4.69) is 28.6 Å². The molecule has 0 heterocycles. The van der Waals surface area contributed by atoms with Crippen molar-refractivity contribution in [1.29, 1.82) is 10.7 Å². The zero-order valence-electron chi connectivity index (χ0n) is 6.66. The lowest BCUT2D eigenvalue weighted by Gasteiger charge is -1.95. The van der Waals surface area contributed by atoms with Gasteiger partial charge in [0.05, 0.1) is 0 Å². The highest BCUT2D eigenvalue weighted by atomic mass is 79.9. The first-order valence-electron chi connectivity index (χ1n) is 3.25. The van der Waals surface area contributed by atoms with Gasteiger partial charge in [0.15, 0.2) is 0 Å². The van der Waals surface area contributed by atoms with Gasteiger partial charge in [0, 0.05) is 10.0 Å².